The van der Waals surface area contributed by atoms with Gasteiger partial charge in [0.05, 0.1) is 6.04 Å². The summed E-state index contributed by atoms with van der Waals surface area (Å²) in [6.45, 7) is 2.91. The quantitative estimate of drug-likeness (QED) is 0.419. The molecule has 0 aliphatic carbocycles. The summed E-state index contributed by atoms with van der Waals surface area (Å²) < 4.78 is 0. The van der Waals surface area contributed by atoms with E-state index in [-0.39, 0.29) is 5.78 Å². The van der Waals surface area contributed by atoms with E-state index in [0.29, 0.717) is 23.7 Å². The zero-order valence-electron chi connectivity index (χ0n) is 18.1. The van der Waals surface area contributed by atoms with Gasteiger partial charge < -0.3 is 15.0 Å². The van der Waals surface area contributed by atoms with Crippen molar-refractivity contribution in [1.82, 2.24) is 14.9 Å². The molecule has 7 heteroatoms. The van der Waals surface area contributed by atoms with Crippen LogP contribution in [-0.4, -0.2) is 58.0 Å². The maximum atomic E-state index is 13.5. The fourth-order valence-electron chi connectivity index (χ4n) is 4.60. The second-order valence-corrected chi connectivity index (χ2v) is 8.70. The lowest BCUT2D eigenvalue weighted by molar-refractivity contribution is 0.0365. The van der Waals surface area contributed by atoms with Gasteiger partial charge in [0.25, 0.3) is 0 Å². The van der Waals surface area contributed by atoms with Crippen molar-refractivity contribution in [1.29, 1.82) is 0 Å². The highest BCUT2D eigenvalue weighted by atomic mass is 35.5. The SMILES string of the molecule is O=C(c1c[nH]c2ccccc12)C(O)C(c1ccc(Cl)cc1)N1CCN(c2ccccn2)CC1. The number of carbonyl (C=O) groups is 1. The second-order valence-electron chi connectivity index (χ2n) is 8.26. The van der Waals surface area contributed by atoms with Crippen LogP contribution in [0.25, 0.3) is 10.9 Å². The molecule has 1 fully saturated rings. The van der Waals surface area contributed by atoms with Gasteiger partial charge in [-0.15, -0.1) is 0 Å². The summed E-state index contributed by atoms with van der Waals surface area (Å²) in [5, 5.41) is 12.8. The molecule has 0 amide bonds. The van der Waals surface area contributed by atoms with Gasteiger partial charge in [0.1, 0.15) is 11.9 Å². The van der Waals surface area contributed by atoms with Gasteiger partial charge in [0.2, 0.25) is 0 Å². The summed E-state index contributed by atoms with van der Waals surface area (Å²) >= 11 is 6.12. The Morgan fingerprint density at radius 3 is 2.42 bits per heavy atom. The zero-order chi connectivity index (χ0) is 22.8. The number of benzene rings is 2. The van der Waals surface area contributed by atoms with Gasteiger partial charge in [0.15, 0.2) is 5.78 Å². The first kappa shape index (κ1) is 21.6. The van der Waals surface area contributed by atoms with Crippen molar-refractivity contribution in [2.24, 2.45) is 0 Å². The standard InChI is InChI=1S/C26H25ClN4O2/c27-19-10-8-18(9-11-19)24(31-15-13-30(14-16-31)23-7-3-4-12-28-23)26(33)25(32)21-17-29-22-6-2-1-5-20(21)22/h1-12,17,24,26,29,33H,13-16H2. The van der Waals surface area contributed by atoms with Crippen LogP contribution in [0.1, 0.15) is 22.0 Å². The van der Waals surface area contributed by atoms with E-state index in [4.69, 9.17) is 11.6 Å². The number of hydrogen-bond donors (Lipinski definition) is 2. The fourth-order valence-corrected chi connectivity index (χ4v) is 4.73. The number of Topliss-reactive ketones (excluding diaryl/α,β-unsaturated/α-hetero) is 1. The van der Waals surface area contributed by atoms with E-state index in [0.717, 1.165) is 35.4 Å². The van der Waals surface area contributed by atoms with E-state index >= 15 is 0 Å². The van der Waals surface area contributed by atoms with Gasteiger partial charge in [-0.05, 0) is 35.9 Å². The number of hydrogen-bond acceptors (Lipinski definition) is 5. The molecule has 168 valence electrons. The van der Waals surface area contributed by atoms with Gasteiger partial charge in [-0.25, -0.2) is 4.98 Å². The largest absolute Gasteiger partial charge is 0.383 e. The number of aliphatic hydroxyl groups excluding tert-OH is 1. The fraction of sp³-hybridized carbons (Fsp3) is 0.231. The number of para-hydroxylation sites is 1. The molecule has 4 aromatic rings. The van der Waals surface area contributed by atoms with E-state index in [2.05, 4.69) is 19.8 Å². The molecule has 0 bridgehead atoms. The van der Waals surface area contributed by atoms with Crippen molar-refractivity contribution in [2.75, 3.05) is 31.1 Å². The highest BCUT2D eigenvalue weighted by Gasteiger charge is 2.35. The van der Waals surface area contributed by atoms with E-state index in [9.17, 15) is 9.90 Å². The third kappa shape index (κ3) is 4.37. The Kier molecular flexibility index (Phi) is 6.13. The number of aromatic amines is 1. The number of aromatic nitrogens is 2. The van der Waals surface area contributed by atoms with Gasteiger partial charge in [-0.2, -0.15) is 0 Å². The van der Waals surface area contributed by atoms with Crippen LogP contribution >= 0.6 is 11.6 Å². The van der Waals surface area contributed by atoms with E-state index < -0.39 is 12.1 Å². The molecule has 33 heavy (non-hydrogen) atoms. The molecule has 1 aliphatic rings. The zero-order valence-corrected chi connectivity index (χ0v) is 18.8. The van der Waals surface area contributed by atoms with Gasteiger partial charge >= 0.3 is 0 Å². The number of nitrogens with zero attached hydrogens (tertiary/aromatic N) is 3. The molecule has 3 heterocycles. The predicted octanol–water partition coefficient (Wildman–Crippen LogP) is 4.32. The molecule has 2 aromatic carbocycles. The number of rotatable bonds is 6. The summed E-state index contributed by atoms with van der Waals surface area (Å²) in [4.78, 5) is 25.5. The number of fused-ring (bicyclic) bond motifs is 1. The number of carbonyl (C=O) groups excluding carboxylic acids is 1. The molecule has 0 spiro atoms. The monoisotopic (exact) mass is 460 g/mol. The average Bonchev–Trinajstić information content (AvgIpc) is 3.30. The smallest absolute Gasteiger partial charge is 0.195 e. The lowest BCUT2D eigenvalue weighted by Crippen LogP contribution is -2.51. The number of piperazine rings is 1. The molecule has 1 saturated heterocycles. The summed E-state index contributed by atoms with van der Waals surface area (Å²) in [6.07, 6.45) is 2.27. The van der Waals surface area contributed by atoms with E-state index in [1.807, 2.05) is 54.6 Å². The predicted molar refractivity (Wildman–Crippen MR) is 131 cm³/mol. The normalized spacial score (nSPS) is 16.6. The van der Waals surface area contributed by atoms with Crippen molar-refractivity contribution in [3.8, 4) is 0 Å². The number of ketones is 1. The Hall–Kier alpha value is -3.19. The molecular weight excluding hydrogens is 436 g/mol. The molecule has 0 radical (unpaired) electrons. The molecule has 1 aliphatic heterocycles. The Labute approximate surface area is 197 Å². The highest BCUT2D eigenvalue weighted by molar-refractivity contribution is 6.30. The molecule has 5 rings (SSSR count). The lowest BCUT2D eigenvalue weighted by Gasteiger charge is -2.41. The molecule has 0 saturated carbocycles. The minimum Gasteiger partial charge on any atom is -0.383 e. The molecule has 2 atom stereocenters. The minimum absolute atomic E-state index is 0.292. The molecule has 2 unspecified atom stereocenters. The van der Waals surface area contributed by atoms with E-state index in [1.54, 1.807) is 24.5 Å². The third-order valence-corrected chi connectivity index (χ3v) is 6.57. The van der Waals surface area contributed by atoms with Crippen LogP contribution in [0.2, 0.25) is 5.02 Å². The molecule has 2 N–H and O–H groups in total. The number of pyridine rings is 1. The summed E-state index contributed by atoms with van der Waals surface area (Å²) in [6, 6.07) is 20.4. The number of aliphatic hydroxyl groups is 1. The van der Waals surface area contributed by atoms with Gasteiger partial charge in [0, 0.05) is 60.1 Å². The van der Waals surface area contributed by atoms with Crippen LogP contribution in [0.3, 0.4) is 0 Å². The van der Waals surface area contributed by atoms with Crippen molar-refractivity contribution in [2.45, 2.75) is 12.1 Å². The minimum atomic E-state index is -1.22. The average molecular weight is 461 g/mol. The van der Waals surface area contributed by atoms with Crippen molar-refractivity contribution in [3.05, 3.63) is 95.3 Å². The highest BCUT2D eigenvalue weighted by Crippen LogP contribution is 2.31. The Balaban J connectivity index is 1.42. The lowest BCUT2D eigenvalue weighted by atomic mass is 9.93. The Morgan fingerprint density at radius 2 is 1.70 bits per heavy atom. The number of H-pyrrole nitrogens is 1. The van der Waals surface area contributed by atoms with Crippen molar-refractivity contribution >= 4 is 34.1 Å². The van der Waals surface area contributed by atoms with Crippen molar-refractivity contribution < 1.29 is 9.90 Å². The van der Waals surface area contributed by atoms with Crippen LogP contribution in [0.15, 0.2) is 79.1 Å². The third-order valence-electron chi connectivity index (χ3n) is 6.31. The first-order valence-electron chi connectivity index (χ1n) is 11.1. The van der Waals surface area contributed by atoms with Crippen LogP contribution in [-0.2, 0) is 0 Å². The molecule has 2 aromatic heterocycles. The van der Waals surface area contributed by atoms with Crippen LogP contribution in [0.4, 0.5) is 5.82 Å². The first-order valence-corrected chi connectivity index (χ1v) is 11.4. The van der Waals surface area contributed by atoms with E-state index in [1.165, 1.54) is 0 Å². The maximum Gasteiger partial charge on any atom is 0.195 e. The summed E-state index contributed by atoms with van der Waals surface area (Å²) in [5.41, 5.74) is 2.25. The first-order chi connectivity index (χ1) is 16.1. The Bertz CT molecular complexity index is 1230. The number of anilines is 1. The maximum absolute atomic E-state index is 13.5. The van der Waals surface area contributed by atoms with Gasteiger partial charge in [-0.3, -0.25) is 9.69 Å². The van der Waals surface area contributed by atoms with Crippen LogP contribution < -0.4 is 4.90 Å². The number of halogens is 1. The van der Waals surface area contributed by atoms with Gasteiger partial charge in [-0.1, -0.05) is 48.0 Å². The van der Waals surface area contributed by atoms with Crippen LogP contribution in [0, 0.1) is 0 Å². The van der Waals surface area contributed by atoms with Crippen LogP contribution in [0.5, 0.6) is 0 Å². The Morgan fingerprint density at radius 1 is 0.970 bits per heavy atom. The second kappa shape index (κ2) is 9.35. The topological polar surface area (TPSA) is 72.5 Å². The number of nitrogens with one attached hydrogen (secondary N) is 1. The molecular formula is C26H25ClN4O2. The summed E-state index contributed by atoms with van der Waals surface area (Å²) in [7, 11) is 0. The van der Waals surface area contributed by atoms with Crippen molar-refractivity contribution in [3.63, 3.8) is 0 Å². The molecule has 6 nitrogen and oxygen atoms in total. The summed E-state index contributed by atoms with van der Waals surface area (Å²) in [5.74, 6) is 0.648.